The molecular weight excluding hydrogens is 216 g/mol. The second-order valence-electron chi connectivity index (χ2n) is 4.19. The molecule has 0 saturated heterocycles. The predicted octanol–water partition coefficient (Wildman–Crippen LogP) is 0.651. The van der Waals surface area contributed by atoms with Gasteiger partial charge in [0.15, 0.2) is 0 Å². The van der Waals surface area contributed by atoms with Crippen molar-refractivity contribution in [3.05, 3.63) is 34.9 Å². The number of rotatable bonds is 3. The van der Waals surface area contributed by atoms with Crippen molar-refractivity contribution in [3.63, 3.8) is 0 Å². The van der Waals surface area contributed by atoms with Crippen LogP contribution in [0.25, 0.3) is 0 Å². The Kier molecular flexibility index (Phi) is 3.42. The second-order valence-corrected chi connectivity index (χ2v) is 4.19. The molecule has 90 valence electrons. The summed E-state index contributed by atoms with van der Waals surface area (Å²) in [5.41, 5.74) is 3.24. The van der Waals surface area contributed by atoms with E-state index in [2.05, 4.69) is 10.6 Å². The first-order chi connectivity index (χ1) is 8.20. The number of hydrogen-bond acceptors (Lipinski definition) is 2. The Hall–Kier alpha value is -1.84. The maximum atomic E-state index is 11.8. The monoisotopic (exact) mass is 232 g/mol. The van der Waals surface area contributed by atoms with Crippen LogP contribution in [0.15, 0.2) is 18.2 Å². The van der Waals surface area contributed by atoms with Gasteiger partial charge in [-0.2, -0.15) is 0 Å². The van der Waals surface area contributed by atoms with Gasteiger partial charge in [-0.15, -0.1) is 0 Å². The van der Waals surface area contributed by atoms with Crippen LogP contribution in [0.2, 0.25) is 0 Å². The molecule has 4 nitrogen and oxygen atoms in total. The Bertz CT molecular complexity index is 455. The summed E-state index contributed by atoms with van der Waals surface area (Å²) in [4.78, 5) is 22.8. The van der Waals surface area contributed by atoms with E-state index in [1.165, 1.54) is 17.5 Å². The number of hydrogen-bond donors (Lipinski definition) is 2. The molecule has 0 aromatic heterocycles. The van der Waals surface area contributed by atoms with E-state index in [1.807, 2.05) is 18.2 Å². The van der Waals surface area contributed by atoms with Gasteiger partial charge >= 0.3 is 0 Å². The fourth-order valence-corrected chi connectivity index (χ4v) is 2.06. The molecule has 0 atom stereocenters. The third-order valence-corrected chi connectivity index (χ3v) is 3.05. The molecule has 0 spiro atoms. The van der Waals surface area contributed by atoms with Crippen LogP contribution in [0.4, 0.5) is 0 Å². The minimum absolute atomic E-state index is 0.0203. The van der Waals surface area contributed by atoms with Gasteiger partial charge in [0.1, 0.15) is 0 Å². The summed E-state index contributed by atoms with van der Waals surface area (Å²) in [6.45, 7) is 0.0203. The molecule has 2 N–H and O–H groups in total. The van der Waals surface area contributed by atoms with Gasteiger partial charge in [-0.1, -0.05) is 6.07 Å². The van der Waals surface area contributed by atoms with Crippen molar-refractivity contribution >= 4 is 11.8 Å². The average molecular weight is 232 g/mol. The van der Waals surface area contributed by atoms with E-state index < -0.39 is 0 Å². The van der Waals surface area contributed by atoms with Gasteiger partial charge < -0.3 is 10.6 Å². The van der Waals surface area contributed by atoms with Crippen LogP contribution in [0.5, 0.6) is 0 Å². The highest BCUT2D eigenvalue weighted by atomic mass is 16.2. The van der Waals surface area contributed by atoms with E-state index in [0.29, 0.717) is 5.56 Å². The van der Waals surface area contributed by atoms with Crippen molar-refractivity contribution in [2.24, 2.45) is 0 Å². The van der Waals surface area contributed by atoms with E-state index in [0.717, 1.165) is 12.8 Å². The highest BCUT2D eigenvalue weighted by Crippen LogP contribution is 2.22. The Balaban J connectivity index is 2.02. The quantitative estimate of drug-likeness (QED) is 0.804. The fraction of sp³-hybridized carbons (Fsp3) is 0.385. The molecule has 17 heavy (non-hydrogen) atoms. The molecule has 0 heterocycles. The molecule has 1 aromatic carbocycles. The first-order valence-electron chi connectivity index (χ1n) is 5.81. The highest BCUT2D eigenvalue weighted by Gasteiger charge is 2.14. The van der Waals surface area contributed by atoms with Gasteiger partial charge in [0.2, 0.25) is 5.91 Å². The molecule has 2 amide bonds. The van der Waals surface area contributed by atoms with Crippen LogP contribution in [0.3, 0.4) is 0 Å². The molecule has 0 fully saturated rings. The fourth-order valence-electron chi connectivity index (χ4n) is 2.06. The Labute approximate surface area is 100 Å². The second kappa shape index (κ2) is 4.99. The zero-order valence-corrected chi connectivity index (χ0v) is 9.88. The van der Waals surface area contributed by atoms with Gasteiger partial charge in [-0.05, 0) is 42.5 Å². The van der Waals surface area contributed by atoms with Gasteiger partial charge in [0, 0.05) is 12.6 Å². The Morgan fingerprint density at radius 1 is 1.24 bits per heavy atom. The van der Waals surface area contributed by atoms with Crippen LogP contribution in [0, 0.1) is 0 Å². The SMILES string of the molecule is CNC(=O)CNC(=O)c1ccc2c(c1)CCC2. The first kappa shape index (κ1) is 11.6. The van der Waals surface area contributed by atoms with E-state index >= 15 is 0 Å². The largest absolute Gasteiger partial charge is 0.358 e. The topological polar surface area (TPSA) is 58.2 Å². The normalized spacial score (nSPS) is 13.0. The lowest BCUT2D eigenvalue weighted by Crippen LogP contribution is -2.35. The number of carbonyl (C=O) groups is 2. The zero-order chi connectivity index (χ0) is 12.3. The molecule has 0 radical (unpaired) electrons. The summed E-state index contributed by atoms with van der Waals surface area (Å²) in [6, 6.07) is 5.77. The van der Waals surface area contributed by atoms with Crippen molar-refractivity contribution in [2.75, 3.05) is 13.6 Å². The Morgan fingerprint density at radius 2 is 2.00 bits per heavy atom. The number of nitrogens with one attached hydrogen (secondary N) is 2. The van der Waals surface area contributed by atoms with E-state index in [9.17, 15) is 9.59 Å². The minimum Gasteiger partial charge on any atom is -0.358 e. The van der Waals surface area contributed by atoms with E-state index in [1.54, 1.807) is 7.05 Å². The molecule has 0 aliphatic heterocycles. The van der Waals surface area contributed by atoms with E-state index in [4.69, 9.17) is 0 Å². The van der Waals surface area contributed by atoms with Crippen LogP contribution < -0.4 is 10.6 Å². The summed E-state index contributed by atoms with van der Waals surface area (Å²) < 4.78 is 0. The van der Waals surface area contributed by atoms with E-state index in [-0.39, 0.29) is 18.4 Å². The molecule has 4 heteroatoms. The molecule has 0 saturated carbocycles. The van der Waals surface area contributed by atoms with Crippen LogP contribution in [-0.4, -0.2) is 25.4 Å². The van der Waals surface area contributed by atoms with Crippen LogP contribution >= 0.6 is 0 Å². The number of likely N-dealkylation sites (N-methyl/N-ethyl adjacent to an activating group) is 1. The van der Waals surface area contributed by atoms with Crippen LogP contribution in [0.1, 0.15) is 27.9 Å². The lowest BCUT2D eigenvalue weighted by molar-refractivity contribution is -0.119. The minimum atomic E-state index is -0.195. The van der Waals surface area contributed by atoms with Crippen molar-refractivity contribution in [1.82, 2.24) is 10.6 Å². The molecule has 0 bridgehead atoms. The highest BCUT2D eigenvalue weighted by molar-refractivity contribution is 5.96. The number of carbonyl (C=O) groups excluding carboxylic acids is 2. The summed E-state index contributed by atoms with van der Waals surface area (Å²) in [6.07, 6.45) is 3.32. The maximum Gasteiger partial charge on any atom is 0.251 e. The van der Waals surface area contributed by atoms with Crippen molar-refractivity contribution in [2.45, 2.75) is 19.3 Å². The number of benzene rings is 1. The number of aryl methyl sites for hydroxylation is 2. The summed E-state index contributed by atoms with van der Waals surface area (Å²) >= 11 is 0. The summed E-state index contributed by atoms with van der Waals surface area (Å²) in [5, 5.41) is 5.05. The lowest BCUT2D eigenvalue weighted by atomic mass is 10.1. The van der Waals surface area contributed by atoms with Gasteiger partial charge in [0.05, 0.1) is 6.54 Å². The summed E-state index contributed by atoms with van der Waals surface area (Å²) in [5.74, 6) is -0.386. The Morgan fingerprint density at radius 3 is 2.76 bits per heavy atom. The van der Waals surface area contributed by atoms with Crippen LogP contribution in [-0.2, 0) is 17.6 Å². The molecule has 1 aliphatic rings. The third-order valence-electron chi connectivity index (χ3n) is 3.05. The van der Waals surface area contributed by atoms with Gasteiger partial charge in [-0.3, -0.25) is 9.59 Å². The van der Waals surface area contributed by atoms with Gasteiger partial charge in [0.25, 0.3) is 5.91 Å². The lowest BCUT2D eigenvalue weighted by Gasteiger charge is -2.06. The molecular formula is C13H16N2O2. The van der Waals surface area contributed by atoms with Gasteiger partial charge in [-0.25, -0.2) is 0 Å². The maximum absolute atomic E-state index is 11.8. The smallest absolute Gasteiger partial charge is 0.251 e. The first-order valence-corrected chi connectivity index (χ1v) is 5.81. The standard InChI is InChI=1S/C13H16N2O2/c1-14-12(16)8-15-13(17)11-6-5-9-3-2-4-10(9)7-11/h5-7H,2-4,8H2,1H3,(H,14,16)(H,15,17). The average Bonchev–Trinajstić information content (AvgIpc) is 2.82. The van der Waals surface area contributed by atoms with Crippen molar-refractivity contribution in [1.29, 1.82) is 0 Å². The van der Waals surface area contributed by atoms with Crippen molar-refractivity contribution in [3.8, 4) is 0 Å². The molecule has 1 aromatic rings. The number of fused-ring (bicyclic) bond motifs is 1. The third kappa shape index (κ3) is 2.64. The summed E-state index contributed by atoms with van der Waals surface area (Å²) in [7, 11) is 1.55. The molecule has 2 rings (SSSR count). The predicted molar refractivity (Wildman–Crippen MR) is 64.9 cm³/mol. The van der Waals surface area contributed by atoms with Crippen molar-refractivity contribution < 1.29 is 9.59 Å². The molecule has 0 unspecified atom stereocenters. The zero-order valence-electron chi connectivity index (χ0n) is 9.88. The number of amides is 2. The molecule has 1 aliphatic carbocycles.